The van der Waals surface area contributed by atoms with E-state index in [1.807, 2.05) is 0 Å². The first-order valence-corrected chi connectivity index (χ1v) is 7.41. The Hall–Kier alpha value is -1.02. The molecule has 0 bridgehead atoms. The van der Waals surface area contributed by atoms with E-state index in [0.717, 1.165) is 25.3 Å². The molecule has 0 fully saturated rings. The summed E-state index contributed by atoms with van der Waals surface area (Å²) in [4.78, 5) is 0. The van der Waals surface area contributed by atoms with Gasteiger partial charge in [0.05, 0.1) is 7.11 Å². The van der Waals surface area contributed by atoms with Gasteiger partial charge in [-0.05, 0) is 49.9 Å². The lowest BCUT2D eigenvalue weighted by molar-refractivity contribution is 0.395. The second-order valence-electron chi connectivity index (χ2n) is 5.85. The zero-order valence-electron chi connectivity index (χ0n) is 13.1. The molecule has 1 atom stereocenters. The summed E-state index contributed by atoms with van der Waals surface area (Å²) in [5.41, 5.74) is 2.64. The van der Waals surface area contributed by atoms with Crippen molar-refractivity contribution in [1.82, 2.24) is 5.32 Å². The molecule has 1 unspecified atom stereocenters. The molecule has 1 N–H and O–H groups in total. The Morgan fingerprint density at radius 3 is 2.53 bits per heavy atom. The minimum atomic E-state index is 0.675. The molecule has 0 saturated carbocycles. The van der Waals surface area contributed by atoms with Gasteiger partial charge in [0.2, 0.25) is 0 Å². The fraction of sp³-hybridized carbons (Fsp3) is 0.647. The lowest BCUT2D eigenvalue weighted by atomic mass is 9.95. The van der Waals surface area contributed by atoms with E-state index in [2.05, 4.69) is 51.2 Å². The maximum atomic E-state index is 5.47. The predicted molar refractivity (Wildman–Crippen MR) is 82.9 cm³/mol. The van der Waals surface area contributed by atoms with Crippen molar-refractivity contribution in [2.45, 2.75) is 40.5 Å². The normalized spacial score (nSPS) is 12.7. The molecule has 2 heteroatoms. The first-order valence-electron chi connectivity index (χ1n) is 7.41. The Morgan fingerprint density at radius 2 is 1.95 bits per heavy atom. The van der Waals surface area contributed by atoms with Gasteiger partial charge < -0.3 is 10.1 Å². The number of hydrogen-bond acceptors (Lipinski definition) is 2. The number of benzene rings is 1. The van der Waals surface area contributed by atoms with E-state index < -0.39 is 0 Å². The summed E-state index contributed by atoms with van der Waals surface area (Å²) in [6, 6.07) is 6.45. The molecule has 0 amide bonds. The fourth-order valence-corrected chi connectivity index (χ4v) is 2.31. The zero-order valence-corrected chi connectivity index (χ0v) is 13.1. The van der Waals surface area contributed by atoms with Crippen molar-refractivity contribution in [2.75, 3.05) is 20.2 Å². The summed E-state index contributed by atoms with van der Waals surface area (Å²) in [6.07, 6.45) is 2.29. The van der Waals surface area contributed by atoms with Crippen LogP contribution in [0.5, 0.6) is 5.75 Å². The van der Waals surface area contributed by atoms with E-state index >= 15 is 0 Å². The third kappa shape index (κ3) is 5.65. The third-order valence-electron chi connectivity index (χ3n) is 3.51. The van der Waals surface area contributed by atoms with Gasteiger partial charge in [0.15, 0.2) is 0 Å². The molecule has 0 aliphatic heterocycles. The van der Waals surface area contributed by atoms with Crippen LogP contribution in [0.2, 0.25) is 0 Å². The highest BCUT2D eigenvalue weighted by molar-refractivity contribution is 5.37. The average molecular weight is 263 g/mol. The van der Waals surface area contributed by atoms with Crippen LogP contribution in [0.1, 0.15) is 38.3 Å². The summed E-state index contributed by atoms with van der Waals surface area (Å²) in [5, 5.41) is 3.57. The van der Waals surface area contributed by atoms with Crippen LogP contribution in [0.3, 0.4) is 0 Å². The van der Waals surface area contributed by atoms with Crippen molar-refractivity contribution in [3.05, 3.63) is 29.3 Å². The largest absolute Gasteiger partial charge is 0.496 e. The van der Waals surface area contributed by atoms with Crippen molar-refractivity contribution in [3.63, 3.8) is 0 Å². The second kappa shape index (κ2) is 8.21. The molecule has 0 aliphatic carbocycles. The second-order valence-corrected chi connectivity index (χ2v) is 5.85. The molecule has 19 heavy (non-hydrogen) atoms. The minimum absolute atomic E-state index is 0.675. The first kappa shape index (κ1) is 16.0. The van der Waals surface area contributed by atoms with Crippen molar-refractivity contribution < 1.29 is 4.74 Å². The molecule has 1 rings (SSSR count). The minimum Gasteiger partial charge on any atom is -0.496 e. The van der Waals surface area contributed by atoms with Gasteiger partial charge in [-0.2, -0.15) is 0 Å². The highest BCUT2D eigenvalue weighted by Crippen LogP contribution is 2.23. The van der Waals surface area contributed by atoms with Crippen molar-refractivity contribution in [3.8, 4) is 5.75 Å². The van der Waals surface area contributed by atoms with Crippen molar-refractivity contribution in [2.24, 2.45) is 11.8 Å². The maximum Gasteiger partial charge on any atom is 0.122 e. The number of hydrogen-bond donors (Lipinski definition) is 1. The summed E-state index contributed by atoms with van der Waals surface area (Å²) in [5.74, 6) is 2.41. The Balaban J connectivity index is 2.61. The highest BCUT2D eigenvalue weighted by Gasteiger charge is 2.11. The smallest absolute Gasteiger partial charge is 0.122 e. The van der Waals surface area contributed by atoms with E-state index in [9.17, 15) is 0 Å². The fourth-order valence-electron chi connectivity index (χ4n) is 2.31. The Kier molecular flexibility index (Phi) is 6.93. The molecule has 0 radical (unpaired) electrons. The molecular weight excluding hydrogens is 234 g/mol. The molecule has 1 aromatic carbocycles. The summed E-state index contributed by atoms with van der Waals surface area (Å²) in [6.45, 7) is 11.1. The van der Waals surface area contributed by atoms with Crippen molar-refractivity contribution >= 4 is 0 Å². The maximum absolute atomic E-state index is 5.47. The van der Waals surface area contributed by atoms with Crippen LogP contribution in [0.4, 0.5) is 0 Å². The molecule has 0 heterocycles. The van der Waals surface area contributed by atoms with Crippen LogP contribution >= 0.6 is 0 Å². The van der Waals surface area contributed by atoms with E-state index in [0.29, 0.717) is 11.8 Å². The Labute approximate surface area is 118 Å². The van der Waals surface area contributed by atoms with E-state index in [4.69, 9.17) is 4.74 Å². The number of rotatable bonds is 8. The molecule has 0 aliphatic rings. The summed E-state index contributed by atoms with van der Waals surface area (Å²) in [7, 11) is 1.76. The average Bonchev–Trinajstić information content (AvgIpc) is 2.37. The molecule has 0 spiro atoms. The number of ether oxygens (including phenoxy) is 1. The predicted octanol–water partition coefficient (Wildman–Crippen LogP) is 3.82. The zero-order chi connectivity index (χ0) is 14.3. The van der Waals surface area contributed by atoms with Gasteiger partial charge in [-0.25, -0.2) is 0 Å². The van der Waals surface area contributed by atoms with Gasteiger partial charge in [-0.15, -0.1) is 0 Å². The monoisotopic (exact) mass is 263 g/mol. The summed E-state index contributed by atoms with van der Waals surface area (Å²) < 4.78 is 5.47. The quantitative estimate of drug-likeness (QED) is 0.770. The lowest BCUT2D eigenvalue weighted by Gasteiger charge is -2.18. The Morgan fingerprint density at radius 1 is 1.21 bits per heavy atom. The van der Waals surface area contributed by atoms with Gasteiger partial charge in [0.25, 0.3) is 0 Å². The van der Waals surface area contributed by atoms with Crippen LogP contribution in [0.25, 0.3) is 0 Å². The Bertz CT molecular complexity index is 374. The van der Waals surface area contributed by atoms with Crippen LogP contribution in [0.15, 0.2) is 18.2 Å². The molecule has 0 aromatic heterocycles. The van der Waals surface area contributed by atoms with Crippen molar-refractivity contribution in [1.29, 1.82) is 0 Å². The topological polar surface area (TPSA) is 21.3 Å². The van der Waals surface area contributed by atoms with Crippen LogP contribution < -0.4 is 10.1 Å². The van der Waals surface area contributed by atoms with Crippen LogP contribution in [-0.2, 0) is 6.42 Å². The van der Waals surface area contributed by atoms with E-state index in [1.54, 1.807) is 7.11 Å². The molecule has 0 saturated heterocycles. The van der Waals surface area contributed by atoms with Crippen LogP contribution in [-0.4, -0.2) is 20.2 Å². The third-order valence-corrected chi connectivity index (χ3v) is 3.51. The molecule has 108 valence electrons. The SMILES string of the molecule is CCC(CNCC(C)C)Cc1cc(C)ccc1OC. The highest BCUT2D eigenvalue weighted by atomic mass is 16.5. The van der Waals surface area contributed by atoms with Gasteiger partial charge in [0, 0.05) is 0 Å². The van der Waals surface area contributed by atoms with Gasteiger partial charge in [0.1, 0.15) is 5.75 Å². The van der Waals surface area contributed by atoms with Crippen LogP contribution in [0, 0.1) is 18.8 Å². The number of methoxy groups -OCH3 is 1. The number of aryl methyl sites for hydroxylation is 1. The molecule has 1 aromatic rings. The molecule has 2 nitrogen and oxygen atoms in total. The summed E-state index contributed by atoms with van der Waals surface area (Å²) >= 11 is 0. The molecular formula is C17H29NO. The van der Waals surface area contributed by atoms with E-state index in [-0.39, 0.29) is 0 Å². The van der Waals surface area contributed by atoms with E-state index in [1.165, 1.54) is 17.5 Å². The first-order chi connectivity index (χ1) is 9.06. The van der Waals surface area contributed by atoms with Gasteiger partial charge >= 0.3 is 0 Å². The van der Waals surface area contributed by atoms with Gasteiger partial charge in [-0.1, -0.05) is 44.9 Å². The lowest BCUT2D eigenvalue weighted by Crippen LogP contribution is -2.27. The number of nitrogens with one attached hydrogen (secondary N) is 1. The standard InChI is InChI=1S/C17H29NO/c1-6-15(12-18-11-13(2)3)10-16-9-14(4)7-8-17(16)19-5/h7-9,13,15,18H,6,10-12H2,1-5H3. The van der Waals surface area contributed by atoms with Gasteiger partial charge in [-0.3, -0.25) is 0 Å².